The van der Waals surface area contributed by atoms with Crippen molar-refractivity contribution in [2.75, 3.05) is 44.0 Å². The molecule has 0 radical (unpaired) electrons. The second-order valence-corrected chi connectivity index (χ2v) is 5.38. The fraction of sp³-hybridized carbons (Fsp3) is 0.571. The van der Waals surface area contributed by atoms with E-state index in [-0.39, 0.29) is 0 Å². The van der Waals surface area contributed by atoms with Gasteiger partial charge in [0.15, 0.2) is 0 Å². The summed E-state index contributed by atoms with van der Waals surface area (Å²) in [5.74, 6) is 1.26. The Labute approximate surface area is 110 Å². The van der Waals surface area contributed by atoms with Crippen molar-refractivity contribution in [1.29, 1.82) is 0 Å². The van der Waals surface area contributed by atoms with Crippen molar-refractivity contribution in [2.45, 2.75) is 13.3 Å². The van der Waals surface area contributed by atoms with Crippen LogP contribution in [0.15, 0.2) is 24.3 Å². The van der Waals surface area contributed by atoms with Gasteiger partial charge in [-0.15, -0.1) is 0 Å². The van der Waals surface area contributed by atoms with Crippen LogP contribution in [0.3, 0.4) is 0 Å². The predicted octanol–water partition coefficient (Wildman–Crippen LogP) is 3.09. The van der Waals surface area contributed by atoms with E-state index >= 15 is 0 Å². The number of hydrogen-bond donors (Lipinski definition) is 1. The SMILES string of the molecule is CSCCCN(C)CCNc1ccccc1C. The van der Waals surface area contributed by atoms with Crippen molar-refractivity contribution in [1.82, 2.24) is 4.90 Å². The number of nitrogens with one attached hydrogen (secondary N) is 1. The minimum atomic E-state index is 1.01. The Morgan fingerprint density at radius 1 is 1.24 bits per heavy atom. The number of para-hydroxylation sites is 1. The molecule has 0 atom stereocenters. The van der Waals surface area contributed by atoms with Gasteiger partial charge in [-0.3, -0.25) is 0 Å². The molecule has 0 saturated heterocycles. The van der Waals surface area contributed by atoms with Crippen molar-refractivity contribution in [3.63, 3.8) is 0 Å². The standard InChI is InChI=1S/C14H24N2S/c1-13-7-4-5-8-14(13)15-9-11-16(2)10-6-12-17-3/h4-5,7-8,15H,6,9-12H2,1-3H3. The van der Waals surface area contributed by atoms with Gasteiger partial charge in [-0.05, 0) is 50.6 Å². The Balaban J connectivity index is 2.17. The molecule has 0 unspecified atom stereocenters. The first-order valence-electron chi connectivity index (χ1n) is 6.21. The maximum Gasteiger partial charge on any atom is 0.0370 e. The van der Waals surface area contributed by atoms with Gasteiger partial charge in [0.25, 0.3) is 0 Å². The van der Waals surface area contributed by atoms with Crippen LogP contribution in [0.4, 0.5) is 5.69 Å². The largest absolute Gasteiger partial charge is 0.384 e. The zero-order valence-electron chi connectivity index (χ0n) is 11.2. The van der Waals surface area contributed by atoms with Gasteiger partial charge in [0.05, 0.1) is 0 Å². The number of thioether (sulfide) groups is 1. The van der Waals surface area contributed by atoms with Gasteiger partial charge >= 0.3 is 0 Å². The highest BCUT2D eigenvalue weighted by atomic mass is 32.2. The Hall–Kier alpha value is -0.670. The lowest BCUT2D eigenvalue weighted by Crippen LogP contribution is -2.26. The molecular formula is C14H24N2S. The van der Waals surface area contributed by atoms with Crippen LogP contribution in [0.1, 0.15) is 12.0 Å². The average Bonchev–Trinajstić information content (AvgIpc) is 2.32. The molecule has 0 aliphatic heterocycles. The summed E-state index contributed by atoms with van der Waals surface area (Å²) in [5, 5.41) is 3.49. The lowest BCUT2D eigenvalue weighted by Gasteiger charge is -2.17. The minimum Gasteiger partial charge on any atom is -0.384 e. The fourth-order valence-corrected chi connectivity index (χ4v) is 2.16. The van der Waals surface area contributed by atoms with Crippen molar-refractivity contribution in [2.24, 2.45) is 0 Å². The fourth-order valence-electron chi connectivity index (χ4n) is 1.74. The Morgan fingerprint density at radius 2 is 2.00 bits per heavy atom. The summed E-state index contributed by atoms with van der Waals surface area (Å²) in [5.41, 5.74) is 2.57. The van der Waals surface area contributed by atoms with E-state index in [0.29, 0.717) is 0 Å². The molecule has 0 heterocycles. The lowest BCUT2D eigenvalue weighted by molar-refractivity contribution is 0.349. The van der Waals surface area contributed by atoms with Crippen molar-refractivity contribution in [3.8, 4) is 0 Å². The molecule has 1 N–H and O–H groups in total. The average molecular weight is 252 g/mol. The maximum absolute atomic E-state index is 3.49. The molecule has 3 heteroatoms. The van der Waals surface area contributed by atoms with Gasteiger partial charge in [-0.2, -0.15) is 11.8 Å². The maximum atomic E-state index is 3.49. The Kier molecular flexibility index (Phi) is 7.13. The summed E-state index contributed by atoms with van der Waals surface area (Å²) >= 11 is 1.92. The van der Waals surface area contributed by atoms with Crippen LogP contribution in [0, 0.1) is 6.92 Å². The molecule has 0 aliphatic carbocycles. The number of likely N-dealkylation sites (N-methyl/N-ethyl adjacent to an activating group) is 1. The minimum absolute atomic E-state index is 1.01. The smallest absolute Gasteiger partial charge is 0.0370 e. The zero-order chi connectivity index (χ0) is 12.5. The number of anilines is 1. The van der Waals surface area contributed by atoms with Crippen LogP contribution >= 0.6 is 11.8 Å². The molecule has 0 spiro atoms. The molecule has 0 fully saturated rings. The highest BCUT2D eigenvalue weighted by Gasteiger charge is 1.99. The molecule has 17 heavy (non-hydrogen) atoms. The summed E-state index contributed by atoms with van der Waals surface area (Å²) in [6.45, 7) is 5.45. The summed E-state index contributed by atoms with van der Waals surface area (Å²) in [4.78, 5) is 2.39. The van der Waals surface area contributed by atoms with E-state index in [0.717, 1.165) is 13.1 Å². The van der Waals surface area contributed by atoms with Gasteiger partial charge in [0, 0.05) is 18.8 Å². The predicted molar refractivity (Wildman–Crippen MR) is 80.2 cm³/mol. The van der Waals surface area contributed by atoms with E-state index < -0.39 is 0 Å². The van der Waals surface area contributed by atoms with E-state index in [9.17, 15) is 0 Å². The topological polar surface area (TPSA) is 15.3 Å². The quantitative estimate of drug-likeness (QED) is 0.716. The second-order valence-electron chi connectivity index (χ2n) is 4.39. The first kappa shape index (κ1) is 14.4. The molecule has 1 aromatic rings. The third kappa shape index (κ3) is 5.99. The van der Waals surface area contributed by atoms with E-state index in [1.54, 1.807) is 0 Å². The number of nitrogens with zero attached hydrogens (tertiary/aromatic N) is 1. The van der Waals surface area contributed by atoms with Crippen LogP contribution in [0.25, 0.3) is 0 Å². The van der Waals surface area contributed by atoms with Gasteiger partial charge in [0.1, 0.15) is 0 Å². The van der Waals surface area contributed by atoms with Crippen LogP contribution in [0.2, 0.25) is 0 Å². The molecule has 0 amide bonds. The molecule has 0 aromatic heterocycles. The van der Waals surface area contributed by atoms with E-state index in [4.69, 9.17) is 0 Å². The highest BCUT2D eigenvalue weighted by Crippen LogP contribution is 2.12. The van der Waals surface area contributed by atoms with Crippen molar-refractivity contribution >= 4 is 17.4 Å². The van der Waals surface area contributed by atoms with Crippen LogP contribution in [0.5, 0.6) is 0 Å². The monoisotopic (exact) mass is 252 g/mol. The molecule has 0 bridgehead atoms. The Bertz CT molecular complexity index is 315. The summed E-state index contributed by atoms with van der Waals surface area (Å²) in [6, 6.07) is 8.44. The molecule has 0 aliphatic rings. The van der Waals surface area contributed by atoms with Crippen LogP contribution in [-0.4, -0.2) is 43.6 Å². The van der Waals surface area contributed by atoms with Gasteiger partial charge in [0.2, 0.25) is 0 Å². The summed E-state index contributed by atoms with van der Waals surface area (Å²) in [7, 11) is 2.19. The van der Waals surface area contributed by atoms with Gasteiger partial charge < -0.3 is 10.2 Å². The number of rotatable bonds is 8. The third-order valence-electron chi connectivity index (χ3n) is 2.84. The van der Waals surface area contributed by atoms with Gasteiger partial charge in [-0.25, -0.2) is 0 Å². The molecular weight excluding hydrogens is 228 g/mol. The zero-order valence-corrected chi connectivity index (χ0v) is 12.0. The first-order chi connectivity index (χ1) is 8.24. The van der Waals surface area contributed by atoms with E-state index in [1.807, 2.05) is 11.8 Å². The third-order valence-corrected chi connectivity index (χ3v) is 3.54. The molecule has 2 nitrogen and oxygen atoms in total. The van der Waals surface area contributed by atoms with Crippen molar-refractivity contribution < 1.29 is 0 Å². The van der Waals surface area contributed by atoms with Gasteiger partial charge in [-0.1, -0.05) is 18.2 Å². The highest BCUT2D eigenvalue weighted by molar-refractivity contribution is 7.98. The summed E-state index contributed by atoms with van der Waals surface area (Å²) < 4.78 is 0. The molecule has 0 saturated carbocycles. The molecule has 96 valence electrons. The van der Waals surface area contributed by atoms with Crippen molar-refractivity contribution in [3.05, 3.63) is 29.8 Å². The lowest BCUT2D eigenvalue weighted by atomic mass is 10.2. The number of benzene rings is 1. The van der Waals surface area contributed by atoms with Crippen LogP contribution < -0.4 is 5.32 Å². The first-order valence-corrected chi connectivity index (χ1v) is 7.60. The summed E-state index contributed by atoms with van der Waals surface area (Å²) in [6.07, 6.45) is 3.45. The number of aryl methyl sites for hydroxylation is 1. The van der Waals surface area contributed by atoms with E-state index in [2.05, 4.69) is 54.7 Å². The van der Waals surface area contributed by atoms with Crippen LogP contribution in [-0.2, 0) is 0 Å². The Morgan fingerprint density at radius 3 is 2.71 bits per heavy atom. The van der Waals surface area contributed by atoms with E-state index in [1.165, 1.54) is 30.0 Å². The number of hydrogen-bond acceptors (Lipinski definition) is 3. The second kappa shape index (κ2) is 8.43. The molecule has 1 rings (SSSR count). The normalized spacial score (nSPS) is 10.8. The molecule has 1 aromatic carbocycles.